The number of alkyl carbamates (subject to hydrolysis) is 1. The minimum atomic E-state index is -0.880. The van der Waals surface area contributed by atoms with Crippen molar-refractivity contribution in [3.8, 4) is 0 Å². The van der Waals surface area contributed by atoms with E-state index in [0.717, 1.165) is 4.90 Å². The molecule has 0 bridgehead atoms. The van der Waals surface area contributed by atoms with Crippen molar-refractivity contribution in [2.45, 2.75) is 43.7 Å². The van der Waals surface area contributed by atoms with E-state index < -0.39 is 23.7 Å². The first-order valence-corrected chi connectivity index (χ1v) is 8.21. The summed E-state index contributed by atoms with van der Waals surface area (Å²) in [6.07, 6.45) is -0.486. The van der Waals surface area contributed by atoms with Gasteiger partial charge >= 0.3 is 12.1 Å². The van der Waals surface area contributed by atoms with E-state index in [0.29, 0.717) is 10.6 Å². The van der Waals surface area contributed by atoms with Crippen molar-refractivity contribution in [3.05, 3.63) is 35.7 Å². The number of esters is 1. The van der Waals surface area contributed by atoms with Crippen LogP contribution in [0.25, 0.3) is 0 Å². The van der Waals surface area contributed by atoms with Crippen LogP contribution < -0.4 is 11.1 Å². The van der Waals surface area contributed by atoms with Gasteiger partial charge in [0.15, 0.2) is 0 Å². The zero-order valence-electron chi connectivity index (χ0n) is 14.4. The summed E-state index contributed by atoms with van der Waals surface area (Å²) in [5.74, 6) is -0.566. The average molecular weight is 352 g/mol. The molecule has 1 atom stereocenters. The van der Waals surface area contributed by atoms with Crippen molar-refractivity contribution >= 4 is 29.5 Å². The number of hydrogen-bond donors (Lipinski definition) is 2. The van der Waals surface area contributed by atoms with Crippen LogP contribution in [-0.4, -0.2) is 30.8 Å². The summed E-state index contributed by atoms with van der Waals surface area (Å²) in [5, 5.41) is 2.51. The Morgan fingerprint density at radius 3 is 2.50 bits per heavy atom. The molecule has 0 aromatic heterocycles. The molecule has 6 nitrogen and oxygen atoms in total. The fourth-order valence-electron chi connectivity index (χ4n) is 1.78. The van der Waals surface area contributed by atoms with Gasteiger partial charge in [0.25, 0.3) is 0 Å². The molecule has 0 radical (unpaired) electrons. The lowest BCUT2D eigenvalue weighted by Crippen LogP contribution is -2.44. The number of anilines is 1. The van der Waals surface area contributed by atoms with Gasteiger partial charge in [-0.25, -0.2) is 9.59 Å². The molecular weight excluding hydrogens is 328 g/mol. The van der Waals surface area contributed by atoms with Gasteiger partial charge in [-0.05, 0) is 37.8 Å². The number of thioether (sulfide) groups is 1. The summed E-state index contributed by atoms with van der Waals surface area (Å²) in [6, 6.07) is 6.47. The largest absolute Gasteiger partial charge is 0.467 e. The maximum Gasteiger partial charge on any atom is 0.408 e. The number of nitrogens with two attached hydrogens (primary N) is 1. The van der Waals surface area contributed by atoms with Crippen molar-refractivity contribution in [3.63, 3.8) is 0 Å². The molecule has 1 aromatic rings. The molecule has 0 saturated carbocycles. The van der Waals surface area contributed by atoms with Crippen molar-refractivity contribution in [1.82, 2.24) is 5.32 Å². The van der Waals surface area contributed by atoms with E-state index in [9.17, 15) is 9.59 Å². The molecule has 1 rings (SSSR count). The smallest absolute Gasteiger partial charge is 0.408 e. The number of hydrogen-bond acceptors (Lipinski definition) is 6. The number of carbonyl (C=O) groups is 2. The lowest BCUT2D eigenvalue weighted by atomic mass is 10.2. The molecule has 24 heavy (non-hydrogen) atoms. The third kappa shape index (κ3) is 6.95. The van der Waals surface area contributed by atoms with Gasteiger partial charge in [0, 0.05) is 17.0 Å². The topological polar surface area (TPSA) is 90.6 Å². The molecule has 3 N–H and O–H groups in total. The lowest BCUT2D eigenvalue weighted by molar-refractivity contribution is -0.143. The van der Waals surface area contributed by atoms with E-state index in [4.69, 9.17) is 15.2 Å². The highest BCUT2D eigenvalue weighted by molar-refractivity contribution is 8.03. The quantitative estimate of drug-likeness (QED) is 0.464. The summed E-state index contributed by atoms with van der Waals surface area (Å²) in [5.41, 5.74) is 5.86. The van der Waals surface area contributed by atoms with Gasteiger partial charge in [0.1, 0.15) is 11.6 Å². The molecule has 0 spiro atoms. The van der Waals surface area contributed by atoms with Crippen molar-refractivity contribution in [2.24, 2.45) is 0 Å². The standard InChI is InChI=1S/C17H24N2O4S/c1-11(24-14-9-7-6-8-12(14)18)10-13(15(20)22-5)19-16(21)23-17(2,3)4/h6-9,13H,1,10,18H2,2-5H3,(H,19,21). The molecule has 0 aliphatic carbocycles. The van der Waals surface area contributed by atoms with Gasteiger partial charge in [0.05, 0.1) is 7.11 Å². The molecule has 0 aliphatic rings. The fraction of sp³-hybridized carbons (Fsp3) is 0.412. The van der Waals surface area contributed by atoms with E-state index in [1.807, 2.05) is 18.2 Å². The Balaban J connectivity index is 2.72. The Bertz CT molecular complexity index is 611. The Morgan fingerprint density at radius 1 is 1.33 bits per heavy atom. The number of ether oxygens (including phenoxy) is 2. The van der Waals surface area contributed by atoms with Crippen molar-refractivity contribution in [1.29, 1.82) is 0 Å². The summed E-state index contributed by atoms with van der Waals surface area (Å²) in [4.78, 5) is 25.3. The minimum Gasteiger partial charge on any atom is -0.467 e. The van der Waals surface area contributed by atoms with Crippen molar-refractivity contribution < 1.29 is 19.1 Å². The van der Waals surface area contributed by atoms with Gasteiger partial charge in [-0.2, -0.15) is 0 Å². The molecule has 1 unspecified atom stereocenters. The SMILES string of the molecule is C=C(CC(NC(=O)OC(C)(C)C)C(=O)OC)Sc1ccccc1N. The predicted octanol–water partition coefficient (Wildman–Crippen LogP) is 3.33. The van der Waals surface area contributed by atoms with Crippen LogP contribution in [0.15, 0.2) is 40.6 Å². The Hall–Kier alpha value is -2.15. The van der Waals surface area contributed by atoms with Crippen LogP contribution in [0.2, 0.25) is 0 Å². The number of methoxy groups -OCH3 is 1. The summed E-state index contributed by atoms with van der Waals surface area (Å²) >= 11 is 1.35. The van der Waals surface area contributed by atoms with E-state index in [1.165, 1.54) is 18.9 Å². The highest BCUT2D eigenvalue weighted by Crippen LogP contribution is 2.32. The minimum absolute atomic E-state index is 0.199. The van der Waals surface area contributed by atoms with Gasteiger partial charge in [-0.1, -0.05) is 30.5 Å². The zero-order valence-corrected chi connectivity index (χ0v) is 15.2. The summed E-state index contributed by atoms with van der Waals surface area (Å²) < 4.78 is 9.90. The Kier molecular flexibility index (Phi) is 7.16. The van der Waals surface area contributed by atoms with Crippen LogP contribution in [0.4, 0.5) is 10.5 Å². The fourth-order valence-corrected chi connectivity index (χ4v) is 2.68. The van der Waals surface area contributed by atoms with E-state index in [-0.39, 0.29) is 6.42 Å². The molecule has 0 aliphatic heterocycles. The highest BCUT2D eigenvalue weighted by atomic mass is 32.2. The molecular formula is C17H24N2O4S. The first-order chi connectivity index (χ1) is 11.1. The molecule has 132 valence electrons. The molecule has 0 fully saturated rings. The van der Waals surface area contributed by atoms with Gasteiger partial charge in [-0.15, -0.1) is 0 Å². The van der Waals surface area contributed by atoms with Gasteiger partial charge in [-0.3, -0.25) is 0 Å². The molecule has 7 heteroatoms. The van der Waals surface area contributed by atoms with E-state index in [1.54, 1.807) is 26.8 Å². The molecule has 1 aromatic carbocycles. The maximum absolute atomic E-state index is 11.9. The Morgan fingerprint density at radius 2 is 1.96 bits per heavy atom. The van der Waals surface area contributed by atoms with Crippen LogP contribution in [-0.2, 0) is 14.3 Å². The number of nitrogens with one attached hydrogen (secondary N) is 1. The van der Waals surface area contributed by atoms with Crippen LogP contribution >= 0.6 is 11.8 Å². The third-order valence-electron chi connectivity index (χ3n) is 2.78. The summed E-state index contributed by atoms with van der Waals surface area (Å²) in [6.45, 7) is 9.17. The van der Waals surface area contributed by atoms with Crippen LogP contribution in [0.1, 0.15) is 27.2 Å². The molecule has 0 heterocycles. The van der Waals surface area contributed by atoms with Crippen LogP contribution in [0.3, 0.4) is 0 Å². The van der Waals surface area contributed by atoms with Crippen LogP contribution in [0, 0.1) is 0 Å². The summed E-state index contributed by atoms with van der Waals surface area (Å²) in [7, 11) is 1.26. The lowest BCUT2D eigenvalue weighted by Gasteiger charge is -2.23. The second-order valence-corrected chi connectivity index (χ2v) is 7.33. The normalized spacial score (nSPS) is 12.2. The van der Waals surface area contributed by atoms with Gasteiger partial charge in [0.2, 0.25) is 0 Å². The van der Waals surface area contributed by atoms with E-state index >= 15 is 0 Å². The molecule has 1 amide bonds. The zero-order chi connectivity index (χ0) is 18.3. The number of para-hydroxylation sites is 1. The first kappa shape index (κ1) is 19.9. The number of benzene rings is 1. The van der Waals surface area contributed by atoms with Crippen LogP contribution in [0.5, 0.6) is 0 Å². The highest BCUT2D eigenvalue weighted by Gasteiger charge is 2.26. The van der Waals surface area contributed by atoms with Crippen molar-refractivity contribution in [2.75, 3.05) is 12.8 Å². The Labute approximate surface area is 146 Å². The number of carbonyl (C=O) groups excluding carboxylic acids is 2. The van der Waals surface area contributed by atoms with E-state index in [2.05, 4.69) is 11.9 Å². The number of rotatable bonds is 6. The number of amides is 1. The van der Waals surface area contributed by atoms with Gasteiger partial charge < -0.3 is 20.5 Å². The average Bonchev–Trinajstić information content (AvgIpc) is 2.46. The third-order valence-corrected chi connectivity index (χ3v) is 3.83. The molecule has 0 saturated heterocycles. The predicted molar refractivity (Wildman–Crippen MR) is 95.6 cm³/mol. The monoisotopic (exact) mass is 352 g/mol. The number of nitrogen functional groups attached to an aromatic ring is 1. The second-order valence-electron chi connectivity index (χ2n) is 6.10. The first-order valence-electron chi connectivity index (χ1n) is 7.40. The second kappa shape index (κ2) is 8.63. The maximum atomic E-state index is 11.9.